The molecule has 2 amide bonds. The molecule has 1 atom stereocenters. The Morgan fingerprint density at radius 1 is 1.06 bits per heavy atom. The molecule has 2 aromatic rings. The summed E-state index contributed by atoms with van der Waals surface area (Å²) in [7, 11) is 0. The lowest BCUT2D eigenvalue weighted by Gasteiger charge is -2.40. The normalized spacial score (nSPS) is 18.2. The Bertz CT molecular complexity index is 1140. The highest BCUT2D eigenvalue weighted by molar-refractivity contribution is 5.97. The van der Waals surface area contributed by atoms with Gasteiger partial charge in [-0.2, -0.15) is 0 Å². The van der Waals surface area contributed by atoms with Gasteiger partial charge in [-0.3, -0.25) is 19.7 Å². The average molecular weight is 495 g/mol. The summed E-state index contributed by atoms with van der Waals surface area (Å²) in [4.78, 5) is 43.3. The lowest BCUT2D eigenvalue weighted by Crippen LogP contribution is -2.53. The number of rotatable bonds is 6. The van der Waals surface area contributed by atoms with Crippen LogP contribution in [-0.4, -0.2) is 72.4 Å². The zero-order valence-corrected chi connectivity index (χ0v) is 21.2. The topological polar surface area (TPSA) is 96.2 Å². The summed E-state index contributed by atoms with van der Waals surface area (Å²) in [6.07, 6.45) is 1.49. The van der Waals surface area contributed by atoms with Crippen molar-refractivity contribution in [2.24, 2.45) is 5.92 Å². The third-order valence-electron chi connectivity index (χ3n) is 7.27. The van der Waals surface area contributed by atoms with Crippen LogP contribution in [0.5, 0.6) is 5.75 Å². The number of nitro groups is 1. The standard InChI is InChI=1S/C27H34N4O5/c1-4-36-25-17-22(31(34)35)10-11-23(25)27(33)30-12-6-8-21(18-30)26(32)29-15-13-28(14-16-29)24-9-5-7-19(2)20(24)3/h5,7,9-11,17,21H,4,6,8,12-16,18H2,1-3H3. The molecule has 9 nitrogen and oxygen atoms in total. The molecule has 1 unspecified atom stereocenters. The number of benzene rings is 2. The van der Waals surface area contributed by atoms with Crippen LogP contribution in [0.15, 0.2) is 36.4 Å². The lowest BCUT2D eigenvalue weighted by atomic mass is 9.95. The van der Waals surface area contributed by atoms with E-state index in [4.69, 9.17) is 4.74 Å². The van der Waals surface area contributed by atoms with E-state index < -0.39 is 4.92 Å². The van der Waals surface area contributed by atoms with Gasteiger partial charge in [-0.1, -0.05) is 12.1 Å². The Labute approximate surface area is 211 Å². The van der Waals surface area contributed by atoms with E-state index in [1.807, 2.05) is 4.90 Å². The number of carbonyl (C=O) groups is 2. The zero-order chi connectivity index (χ0) is 25.8. The quantitative estimate of drug-likeness (QED) is 0.448. The highest BCUT2D eigenvalue weighted by Crippen LogP contribution is 2.29. The smallest absolute Gasteiger partial charge is 0.273 e. The Morgan fingerprint density at radius 2 is 1.81 bits per heavy atom. The van der Waals surface area contributed by atoms with Crippen LogP contribution in [0, 0.1) is 29.9 Å². The third-order valence-corrected chi connectivity index (χ3v) is 7.27. The molecule has 0 radical (unpaired) electrons. The van der Waals surface area contributed by atoms with E-state index in [1.54, 1.807) is 11.8 Å². The first kappa shape index (κ1) is 25.5. The maximum atomic E-state index is 13.4. The number of non-ortho nitro benzene ring substituents is 1. The fraction of sp³-hybridized carbons (Fsp3) is 0.481. The van der Waals surface area contributed by atoms with Crippen molar-refractivity contribution in [1.82, 2.24) is 9.80 Å². The molecule has 2 saturated heterocycles. The number of nitro benzene ring substituents is 1. The van der Waals surface area contributed by atoms with Gasteiger partial charge >= 0.3 is 0 Å². The van der Waals surface area contributed by atoms with Gasteiger partial charge in [-0.15, -0.1) is 0 Å². The first-order valence-corrected chi connectivity index (χ1v) is 12.6. The van der Waals surface area contributed by atoms with E-state index in [0.29, 0.717) is 26.2 Å². The van der Waals surface area contributed by atoms with Gasteiger partial charge in [-0.05, 0) is 56.9 Å². The second-order valence-electron chi connectivity index (χ2n) is 9.49. The number of piperazine rings is 1. The van der Waals surface area contributed by atoms with E-state index >= 15 is 0 Å². The monoisotopic (exact) mass is 494 g/mol. The Hall–Kier alpha value is -3.62. The van der Waals surface area contributed by atoms with Gasteiger partial charge in [-0.25, -0.2) is 0 Å². The molecule has 0 aromatic heterocycles. The van der Waals surface area contributed by atoms with Crippen molar-refractivity contribution < 1.29 is 19.2 Å². The van der Waals surface area contributed by atoms with Crippen LogP contribution in [0.1, 0.15) is 41.3 Å². The number of piperidine rings is 1. The number of nitrogens with zero attached hydrogens (tertiary/aromatic N) is 4. The van der Waals surface area contributed by atoms with Gasteiger partial charge in [0, 0.05) is 51.0 Å². The molecule has 0 bridgehead atoms. The molecule has 2 aromatic carbocycles. The highest BCUT2D eigenvalue weighted by atomic mass is 16.6. The molecular weight excluding hydrogens is 460 g/mol. The predicted molar refractivity (Wildman–Crippen MR) is 138 cm³/mol. The summed E-state index contributed by atoms with van der Waals surface area (Å²) in [6.45, 7) is 10.1. The largest absolute Gasteiger partial charge is 0.493 e. The summed E-state index contributed by atoms with van der Waals surface area (Å²) < 4.78 is 5.54. The molecule has 192 valence electrons. The van der Waals surface area contributed by atoms with Crippen molar-refractivity contribution in [1.29, 1.82) is 0 Å². The number of anilines is 1. The first-order valence-electron chi connectivity index (χ1n) is 12.6. The van der Waals surface area contributed by atoms with E-state index in [1.165, 1.54) is 35.0 Å². The molecule has 2 fully saturated rings. The van der Waals surface area contributed by atoms with Crippen LogP contribution in [0.4, 0.5) is 11.4 Å². The van der Waals surface area contributed by atoms with Crippen LogP contribution in [0.2, 0.25) is 0 Å². The number of carbonyl (C=O) groups excluding carboxylic acids is 2. The van der Waals surface area contributed by atoms with Crippen molar-refractivity contribution in [2.75, 3.05) is 50.8 Å². The minimum Gasteiger partial charge on any atom is -0.493 e. The van der Waals surface area contributed by atoms with Gasteiger partial charge < -0.3 is 19.4 Å². The zero-order valence-electron chi connectivity index (χ0n) is 21.2. The number of ether oxygens (including phenoxy) is 1. The van der Waals surface area contributed by atoms with E-state index in [2.05, 4.69) is 36.9 Å². The number of hydrogen-bond acceptors (Lipinski definition) is 6. The van der Waals surface area contributed by atoms with Gasteiger partial charge in [0.25, 0.3) is 11.6 Å². The molecule has 9 heteroatoms. The molecule has 2 heterocycles. The Morgan fingerprint density at radius 3 is 2.50 bits per heavy atom. The Kier molecular flexibility index (Phi) is 7.76. The third kappa shape index (κ3) is 5.29. The molecule has 0 aliphatic carbocycles. The summed E-state index contributed by atoms with van der Waals surface area (Å²) in [5, 5.41) is 11.2. The van der Waals surface area contributed by atoms with Crippen molar-refractivity contribution >= 4 is 23.2 Å². The molecule has 0 N–H and O–H groups in total. The minimum absolute atomic E-state index is 0.0989. The van der Waals surface area contributed by atoms with E-state index in [-0.39, 0.29) is 41.3 Å². The number of aryl methyl sites for hydroxylation is 1. The molecular formula is C27H34N4O5. The van der Waals surface area contributed by atoms with Crippen LogP contribution in [0.25, 0.3) is 0 Å². The lowest BCUT2D eigenvalue weighted by molar-refractivity contribution is -0.384. The fourth-order valence-corrected chi connectivity index (χ4v) is 5.11. The number of amides is 2. The molecule has 2 aliphatic heterocycles. The van der Waals surface area contributed by atoms with E-state index in [9.17, 15) is 19.7 Å². The second-order valence-corrected chi connectivity index (χ2v) is 9.49. The van der Waals surface area contributed by atoms with Crippen molar-refractivity contribution in [3.63, 3.8) is 0 Å². The average Bonchev–Trinajstić information content (AvgIpc) is 2.90. The summed E-state index contributed by atoms with van der Waals surface area (Å²) in [5.41, 5.74) is 3.93. The van der Waals surface area contributed by atoms with Crippen molar-refractivity contribution in [2.45, 2.75) is 33.6 Å². The number of hydrogen-bond donors (Lipinski definition) is 0. The molecule has 36 heavy (non-hydrogen) atoms. The van der Waals surface area contributed by atoms with Gasteiger partial charge in [0.2, 0.25) is 5.91 Å². The molecule has 0 spiro atoms. The number of likely N-dealkylation sites (tertiary alicyclic amines) is 1. The highest BCUT2D eigenvalue weighted by Gasteiger charge is 2.34. The van der Waals surface area contributed by atoms with E-state index in [0.717, 1.165) is 25.9 Å². The maximum absolute atomic E-state index is 13.4. The van der Waals surface area contributed by atoms with Gasteiger partial charge in [0.1, 0.15) is 5.75 Å². The van der Waals surface area contributed by atoms with Crippen LogP contribution < -0.4 is 9.64 Å². The van der Waals surface area contributed by atoms with Crippen LogP contribution in [0.3, 0.4) is 0 Å². The fourth-order valence-electron chi connectivity index (χ4n) is 5.11. The van der Waals surface area contributed by atoms with Crippen molar-refractivity contribution in [3.8, 4) is 5.75 Å². The SMILES string of the molecule is CCOc1cc([N+](=O)[O-])ccc1C(=O)N1CCCC(C(=O)N2CCN(c3cccc(C)c3C)CC2)C1. The summed E-state index contributed by atoms with van der Waals surface area (Å²) >= 11 is 0. The minimum atomic E-state index is -0.508. The summed E-state index contributed by atoms with van der Waals surface area (Å²) in [5.74, 6) is -0.205. The first-order chi connectivity index (χ1) is 17.3. The van der Waals surface area contributed by atoms with Gasteiger partial charge in [0.15, 0.2) is 0 Å². The summed E-state index contributed by atoms with van der Waals surface area (Å²) in [6, 6.07) is 10.4. The van der Waals surface area contributed by atoms with Gasteiger partial charge in [0.05, 0.1) is 29.1 Å². The molecule has 4 rings (SSSR count). The van der Waals surface area contributed by atoms with Crippen LogP contribution in [-0.2, 0) is 4.79 Å². The second kappa shape index (κ2) is 11.0. The predicted octanol–water partition coefficient (Wildman–Crippen LogP) is 3.81. The van der Waals surface area contributed by atoms with Crippen LogP contribution >= 0.6 is 0 Å². The maximum Gasteiger partial charge on any atom is 0.273 e. The molecule has 0 saturated carbocycles. The molecule has 2 aliphatic rings. The van der Waals surface area contributed by atoms with Crippen molar-refractivity contribution in [3.05, 3.63) is 63.2 Å². The Balaban J connectivity index is 1.40.